The van der Waals surface area contributed by atoms with Crippen molar-refractivity contribution in [1.29, 1.82) is 0 Å². The fourth-order valence-corrected chi connectivity index (χ4v) is 0.661. The summed E-state index contributed by atoms with van der Waals surface area (Å²) in [5, 5.41) is 6.51. The highest BCUT2D eigenvalue weighted by molar-refractivity contribution is 5.66. The lowest BCUT2D eigenvalue weighted by molar-refractivity contribution is 0.512. The Morgan fingerprint density at radius 2 is 2.40 bits per heavy atom. The quantitative estimate of drug-likeness (QED) is 0.655. The molecule has 1 aromatic heterocycles. The van der Waals surface area contributed by atoms with E-state index in [2.05, 4.69) is 10.2 Å². The van der Waals surface area contributed by atoms with Gasteiger partial charge in [0.05, 0.1) is 11.1 Å². The van der Waals surface area contributed by atoms with Crippen LogP contribution in [0.1, 0.15) is 19.5 Å². The first-order chi connectivity index (χ1) is 4.67. The van der Waals surface area contributed by atoms with E-state index in [0.717, 1.165) is 5.69 Å². The molecule has 0 aliphatic heterocycles. The van der Waals surface area contributed by atoms with Crippen molar-refractivity contribution in [3.05, 3.63) is 18.0 Å². The predicted molar refractivity (Wildman–Crippen MR) is 37.3 cm³/mol. The van der Waals surface area contributed by atoms with Gasteiger partial charge in [0.25, 0.3) is 0 Å². The zero-order chi connectivity index (χ0) is 7.61. The largest absolute Gasteiger partial charge is 0.290 e. The van der Waals surface area contributed by atoms with Crippen LogP contribution in [-0.4, -0.2) is 16.5 Å². The summed E-state index contributed by atoms with van der Waals surface area (Å²) in [6.45, 7) is 3.55. The lowest BCUT2D eigenvalue weighted by atomic mass is 9.92. The summed E-state index contributed by atoms with van der Waals surface area (Å²) in [7, 11) is 0. The maximum Gasteiger partial charge on any atom is 0.210 e. The molecule has 0 saturated heterocycles. The molecule has 0 aliphatic rings. The van der Waals surface area contributed by atoms with E-state index in [1.54, 1.807) is 26.1 Å². The molecule has 0 fully saturated rings. The first-order valence-electron chi connectivity index (χ1n) is 3.06. The highest BCUT2D eigenvalue weighted by atomic mass is 16.1. The summed E-state index contributed by atoms with van der Waals surface area (Å²) < 4.78 is 0. The highest BCUT2D eigenvalue weighted by Crippen LogP contribution is 2.16. The second kappa shape index (κ2) is 2.25. The molecule has 0 bridgehead atoms. The fraction of sp³-hybridized carbons (Fsp3) is 0.429. The smallest absolute Gasteiger partial charge is 0.210 e. The normalized spacial score (nSPS) is 11.4. The Kier molecular flexibility index (Phi) is 1.57. The lowest BCUT2D eigenvalue weighted by Crippen LogP contribution is -2.18. The molecule has 1 radical (unpaired) electrons. The van der Waals surface area contributed by atoms with Crippen LogP contribution in [-0.2, 0) is 10.2 Å². The van der Waals surface area contributed by atoms with Crippen LogP contribution in [0.5, 0.6) is 0 Å². The Balaban J connectivity index is 2.95. The van der Waals surface area contributed by atoms with E-state index in [9.17, 15) is 4.79 Å². The molecular formula is C7H9N2O. The summed E-state index contributed by atoms with van der Waals surface area (Å²) in [5.41, 5.74) is 0.141. The van der Waals surface area contributed by atoms with Crippen molar-refractivity contribution in [3.63, 3.8) is 0 Å². The van der Waals surface area contributed by atoms with Crippen molar-refractivity contribution in [2.24, 2.45) is 0 Å². The Morgan fingerprint density at radius 1 is 1.70 bits per heavy atom. The van der Waals surface area contributed by atoms with Crippen molar-refractivity contribution in [3.8, 4) is 0 Å². The first-order valence-corrected chi connectivity index (χ1v) is 3.06. The summed E-state index contributed by atoms with van der Waals surface area (Å²) in [5.74, 6) is 0. The van der Waals surface area contributed by atoms with Gasteiger partial charge in [0.1, 0.15) is 0 Å². The van der Waals surface area contributed by atoms with E-state index >= 15 is 0 Å². The van der Waals surface area contributed by atoms with E-state index in [1.165, 1.54) is 0 Å². The van der Waals surface area contributed by atoms with Crippen LogP contribution in [0.4, 0.5) is 0 Å². The number of nitrogens with zero attached hydrogens (tertiary/aromatic N) is 1. The van der Waals surface area contributed by atoms with Gasteiger partial charge in [0, 0.05) is 6.20 Å². The average molecular weight is 137 g/mol. The molecule has 3 nitrogen and oxygen atoms in total. The monoisotopic (exact) mass is 137 g/mol. The third-order valence-corrected chi connectivity index (χ3v) is 1.40. The van der Waals surface area contributed by atoms with Crippen LogP contribution in [0.3, 0.4) is 0 Å². The van der Waals surface area contributed by atoms with E-state index in [-0.39, 0.29) is 0 Å². The molecule has 3 heteroatoms. The van der Waals surface area contributed by atoms with Gasteiger partial charge in [-0.15, -0.1) is 0 Å². The van der Waals surface area contributed by atoms with E-state index in [4.69, 9.17) is 0 Å². The number of nitrogens with one attached hydrogen (secondary N) is 1. The van der Waals surface area contributed by atoms with Crippen LogP contribution in [0.15, 0.2) is 12.3 Å². The maximum atomic E-state index is 10.3. The molecule has 0 spiro atoms. The summed E-state index contributed by atoms with van der Waals surface area (Å²) in [6, 6.07) is 1.77. The predicted octanol–water partition coefficient (Wildman–Crippen LogP) is 0.797. The number of aromatic amines is 1. The fourth-order valence-electron chi connectivity index (χ4n) is 0.661. The lowest BCUT2D eigenvalue weighted by Gasteiger charge is -2.10. The van der Waals surface area contributed by atoms with Gasteiger partial charge in [0.15, 0.2) is 0 Å². The molecule has 0 aromatic carbocycles. The van der Waals surface area contributed by atoms with E-state index < -0.39 is 5.41 Å². The second-order valence-electron chi connectivity index (χ2n) is 2.69. The first kappa shape index (κ1) is 6.99. The van der Waals surface area contributed by atoms with Gasteiger partial charge in [-0.1, -0.05) is 0 Å². The summed E-state index contributed by atoms with van der Waals surface area (Å²) >= 11 is 0. The zero-order valence-electron chi connectivity index (χ0n) is 6.01. The summed E-state index contributed by atoms with van der Waals surface area (Å²) in [4.78, 5) is 10.3. The molecule has 0 atom stereocenters. The number of aromatic nitrogens is 2. The molecule has 1 heterocycles. The molecule has 10 heavy (non-hydrogen) atoms. The average Bonchev–Trinajstić information content (AvgIpc) is 2.38. The van der Waals surface area contributed by atoms with E-state index in [1.807, 2.05) is 6.29 Å². The van der Waals surface area contributed by atoms with Crippen molar-refractivity contribution >= 4 is 6.29 Å². The maximum absolute atomic E-state index is 10.3. The molecular weight excluding hydrogens is 128 g/mol. The van der Waals surface area contributed by atoms with Crippen LogP contribution >= 0.6 is 0 Å². The molecule has 1 rings (SSSR count). The molecule has 1 N–H and O–H groups in total. The molecule has 0 unspecified atom stereocenters. The van der Waals surface area contributed by atoms with Crippen molar-refractivity contribution in [2.45, 2.75) is 19.3 Å². The SMILES string of the molecule is CC(C)([C]=O)c1cc[nH]n1. The Bertz CT molecular complexity index is 214. The van der Waals surface area contributed by atoms with Gasteiger partial charge in [0.2, 0.25) is 6.29 Å². The van der Waals surface area contributed by atoms with E-state index in [0.29, 0.717) is 0 Å². The standard InChI is InChI=1S/C7H9N2O/c1-7(2,5-10)6-3-4-8-9-6/h3-4H,1-2H3,(H,8,9). The number of H-pyrrole nitrogens is 1. The highest BCUT2D eigenvalue weighted by Gasteiger charge is 2.22. The molecule has 0 saturated carbocycles. The topological polar surface area (TPSA) is 45.8 Å². The molecule has 0 aliphatic carbocycles. The number of rotatable bonds is 2. The molecule has 0 amide bonds. The molecule has 53 valence electrons. The minimum Gasteiger partial charge on any atom is -0.290 e. The van der Waals surface area contributed by atoms with Crippen molar-refractivity contribution < 1.29 is 4.79 Å². The van der Waals surface area contributed by atoms with Gasteiger partial charge >= 0.3 is 0 Å². The third kappa shape index (κ3) is 1.07. The van der Waals surface area contributed by atoms with Gasteiger partial charge in [-0.05, 0) is 19.9 Å². The number of carbonyl (C=O) groups excluding carboxylic acids is 1. The third-order valence-electron chi connectivity index (χ3n) is 1.40. The molecule has 1 aromatic rings. The second-order valence-corrected chi connectivity index (χ2v) is 2.69. The van der Waals surface area contributed by atoms with Crippen LogP contribution in [0, 0.1) is 0 Å². The zero-order valence-corrected chi connectivity index (χ0v) is 6.01. The van der Waals surface area contributed by atoms with Crippen molar-refractivity contribution in [2.75, 3.05) is 0 Å². The van der Waals surface area contributed by atoms with Gasteiger partial charge in [-0.2, -0.15) is 5.10 Å². The number of hydrogen-bond donors (Lipinski definition) is 1. The van der Waals surface area contributed by atoms with Gasteiger partial charge in [-0.25, -0.2) is 0 Å². The van der Waals surface area contributed by atoms with Crippen LogP contribution in [0.25, 0.3) is 0 Å². The van der Waals surface area contributed by atoms with Gasteiger partial charge < -0.3 is 0 Å². The number of hydrogen-bond acceptors (Lipinski definition) is 2. The minimum absolute atomic E-state index is 0.583. The van der Waals surface area contributed by atoms with Crippen molar-refractivity contribution in [1.82, 2.24) is 10.2 Å². The Labute approximate surface area is 59.4 Å². The minimum atomic E-state index is -0.583. The Hall–Kier alpha value is -1.12. The van der Waals surface area contributed by atoms with Gasteiger partial charge in [-0.3, -0.25) is 9.89 Å². The van der Waals surface area contributed by atoms with Crippen LogP contribution < -0.4 is 0 Å². The summed E-state index contributed by atoms with van der Waals surface area (Å²) in [6.07, 6.45) is 3.60. The van der Waals surface area contributed by atoms with Crippen LogP contribution in [0.2, 0.25) is 0 Å². The Morgan fingerprint density at radius 3 is 2.80 bits per heavy atom.